The lowest BCUT2D eigenvalue weighted by Gasteiger charge is -2.31. The second-order valence-electron chi connectivity index (χ2n) is 5.85. The molecule has 1 aliphatic rings. The summed E-state index contributed by atoms with van der Waals surface area (Å²) in [5, 5.41) is 5.04. The molecule has 1 N–H and O–H groups in total. The van der Waals surface area contributed by atoms with Crippen LogP contribution in [0.1, 0.15) is 45.4 Å². The normalized spacial score (nSPS) is 17.9. The quantitative estimate of drug-likeness (QED) is 0.605. The molecular formula is C17H25Cl2NS. The molecule has 4 heteroatoms. The summed E-state index contributed by atoms with van der Waals surface area (Å²) in [6, 6.07) is 6.55. The fourth-order valence-corrected chi connectivity index (χ4v) is 4.47. The molecular weight excluding hydrogens is 321 g/mol. The Hall–Kier alpha value is 0.110. The second kappa shape index (κ2) is 9.29. The van der Waals surface area contributed by atoms with Crippen LogP contribution in [0.4, 0.5) is 0 Å². The molecule has 0 bridgehead atoms. The van der Waals surface area contributed by atoms with E-state index in [1.807, 2.05) is 23.9 Å². The van der Waals surface area contributed by atoms with Gasteiger partial charge in [-0.1, -0.05) is 49.4 Å². The maximum Gasteiger partial charge on any atom is 0.0603 e. The standard InChI is InChI=1S/C17H25Cl2NS/c1-2-10-20-17(13-6-4-3-5-7-13)12-21-14-8-9-15(18)16(19)11-14/h8-9,11,13,17,20H,2-7,10,12H2,1H3. The first-order chi connectivity index (χ1) is 10.2. The molecule has 0 radical (unpaired) electrons. The zero-order valence-corrected chi connectivity index (χ0v) is 15.0. The van der Waals surface area contributed by atoms with E-state index in [4.69, 9.17) is 23.2 Å². The molecule has 0 amide bonds. The molecule has 0 aliphatic heterocycles. The van der Waals surface area contributed by atoms with Crippen molar-refractivity contribution in [1.29, 1.82) is 0 Å². The van der Waals surface area contributed by atoms with Crippen LogP contribution in [0.25, 0.3) is 0 Å². The molecule has 1 aromatic carbocycles. The Labute approximate surface area is 143 Å². The molecule has 1 aromatic rings. The Morgan fingerprint density at radius 2 is 1.95 bits per heavy atom. The van der Waals surface area contributed by atoms with Gasteiger partial charge in [0.15, 0.2) is 0 Å². The van der Waals surface area contributed by atoms with Crippen LogP contribution < -0.4 is 5.32 Å². The van der Waals surface area contributed by atoms with Gasteiger partial charge in [-0.15, -0.1) is 11.8 Å². The molecule has 1 nitrogen and oxygen atoms in total. The van der Waals surface area contributed by atoms with E-state index < -0.39 is 0 Å². The summed E-state index contributed by atoms with van der Waals surface area (Å²) in [4.78, 5) is 1.21. The van der Waals surface area contributed by atoms with E-state index in [2.05, 4.69) is 18.3 Å². The van der Waals surface area contributed by atoms with Gasteiger partial charge in [-0.2, -0.15) is 0 Å². The van der Waals surface area contributed by atoms with E-state index in [-0.39, 0.29) is 0 Å². The van der Waals surface area contributed by atoms with Gasteiger partial charge in [0.1, 0.15) is 0 Å². The van der Waals surface area contributed by atoms with E-state index >= 15 is 0 Å². The van der Waals surface area contributed by atoms with Crippen LogP contribution in [0.2, 0.25) is 10.0 Å². The number of thioether (sulfide) groups is 1. The third-order valence-corrected chi connectivity index (χ3v) is 6.05. The zero-order chi connectivity index (χ0) is 15.1. The van der Waals surface area contributed by atoms with Gasteiger partial charge < -0.3 is 5.32 Å². The lowest BCUT2D eigenvalue weighted by atomic mass is 9.84. The van der Waals surface area contributed by atoms with Crippen LogP contribution in [0.15, 0.2) is 23.1 Å². The van der Waals surface area contributed by atoms with Crippen molar-refractivity contribution in [3.8, 4) is 0 Å². The van der Waals surface area contributed by atoms with Gasteiger partial charge in [0.25, 0.3) is 0 Å². The highest BCUT2D eigenvalue weighted by atomic mass is 35.5. The number of benzene rings is 1. The largest absolute Gasteiger partial charge is 0.313 e. The average Bonchev–Trinajstić information content (AvgIpc) is 2.51. The third-order valence-electron chi connectivity index (χ3n) is 4.20. The predicted molar refractivity (Wildman–Crippen MR) is 95.8 cm³/mol. The van der Waals surface area contributed by atoms with E-state index in [1.165, 1.54) is 43.4 Å². The molecule has 0 heterocycles. The van der Waals surface area contributed by atoms with E-state index in [0.717, 1.165) is 18.2 Å². The fourth-order valence-electron chi connectivity index (χ4n) is 2.98. The molecule has 2 rings (SSSR count). The molecule has 1 saturated carbocycles. The molecule has 1 fully saturated rings. The number of halogens is 2. The van der Waals surface area contributed by atoms with Crippen molar-refractivity contribution in [3.63, 3.8) is 0 Å². The lowest BCUT2D eigenvalue weighted by molar-refractivity contribution is 0.285. The van der Waals surface area contributed by atoms with Gasteiger partial charge in [-0.05, 0) is 49.9 Å². The minimum absolute atomic E-state index is 0.615. The molecule has 1 atom stereocenters. The summed E-state index contributed by atoms with van der Waals surface area (Å²) in [6.45, 7) is 3.35. The van der Waals surface area contributed by atoms with Crippen molar-refractivity contribution in [2.75, 3.05) is 12.3 Å². The van der Waals surface area contributed by atoms with Crippen molar-refractivity contribution in [2.24, 2.45) is 5.92 Å². The van der Waals surface area contributed by atoms with E-state index in [9.17, 15) is 0 Å². The Balaban J connectivity index is 1.92. The summed E-state index contributed by atoms with van der Waals surface area (Å²) < 4.78 is 0. The molecule has 0 saturated heterocycles. The lowest BCUT2D eigenvalue weighted by Crippen LogP contribution is -2.39. The summed E-state index contributed by atoms with van der Waals surface area (Å²) in [5.74, 6) is 1.95. The molecule has 118 valence electrons. The van der Waals surface area contributed by atoms with E-state index in [0.29, 0.717) is 16.1 Å². The molecule has 1 aliphatic carbocycles. The molecule has 1 unspecified atom stereocenters. The van der Waals surface area contributed by atoms with Gasteiger partial charge in [-0.25, -0.2) is 0 Å². The van der Waals surface area contributed by atoms with Crippen LogP contribution in [0, 0.1) is 5.92 Å². The van der Waals surface area contributed by atoms with Crippen LogP contribution in [-0.4, -0.2) is 18.3 Å². The minimum atomic E-state index is 0.615. The van der Waals surface area contributed by atoms with Crippen LogP contribution >= 0.6 is 35.0 Å². The predicted octanol–water partition coefficient (Wildman–Crippen LogP) is 6.03. The average molecular weight is 346 g/mol. The van der Waals surface area contributed by atoms with Crippen LogP contribution in [0.3, 0.4) is 0 Å². The maximum absolute atomic E-state index is 6.10. The topological polar surface area (TPSA) is 12.0 Å². The smallest absolute Gasteiger partial charge is 0.0603 e. The Kier molecular flexibility index (Phi) is 7.73. The summed E-state index contributed by atoms with van der Waals surface area (Å²) in [5.41, 5.74) is 0. The van der Waals surface area contributed by atoms with Crippen LogP contribution in [-0.2, 0) is 0 Å². The van der Waals surface area contributed by atoms with Crippen molar-refractivity contribution in [1.82, 2.24) is 5.32 Å². The van der Waals surface area contributed by atoms with Crippen molar-refractivity contribution in [3.05, 3.63) is 28.2 Å². The van der Waals surface area contributed by atoms with Gasteiger partial charge >= 0.3 is 0 Å². The summed E-state index contributed by atoms with van der Waals surface area (Å²) >= 11 is 14.0. The van der Waals surface area contributed by atoms with Crippen molar-refractivity contribution < 1.29 is 0 Å². The number of nitrogens with one attached hydrogen (secondary N) is 1. The maximum atomic E-state index is 6.10. The number of hydrogen-bond donors (Lipinski definition) is 1. The van der Waals surface area contributed by atoms with Gasteiger partial charge in [0, 0.05) is 16.7 Å². The number of rotatable bonds is 7. The highest BCUT2D eigenvalue weighted by molar-refractivity contribution is 7.99. The minimum Gasteiger partial charge on any atom is -0.313 e. The third kappa shape index (κ3) is 5.67. The monoisotopic (exact) mass is 345 g/mol. The van der Waals surface area contributed by atoms with E-state index in [1.54, 1.807) is 0 Å². The first kappa shape index (κ1) is 17.5. The Morgan fingerprint density at radius 1 is 1.19 bits per heavy atom. The van der Waals surface area contributed by atoms with Gasteiger partial charge in [0.05, 0.1) is 10.0 Å². The Morgan fingerprint density at radius 3 is 2.62 bits per heavy atom. The summed E-state index contributed by atoms with van der Waals surface area (Å²) in [6.07, 6.45) is 8.16. The number of hydrogen-bond acceptors (Lipinski definition) is 2. The first-order valence-electron chi connectivity index (χ1n) is 8.02. The van der Waals surface area contributed by atoms with Crippen LogP contribution in [0.5, 0.6) is 0 Å². The molecule has 0 aromatic heterocycles. The highest BCUT2D eigenvalue weighted by Crippen LogP contribution is 2.32. The SMILES string of the molecule is CCCNC(CSc1ccc(Cl)c(Cl)c1)C1CCCCC1. The molecule has 21 heavy (non-hydrogen) atoms. The van der Waals surface area contributed by atoms with Crippen molar-refractivity contribution >= 4 is 35.0 Å². The van der Waals surface area contributed by atoms with Gasteiger partial charge in [0.2, 0.25) is 0 Å². The summed E-state index contributed by atoms with van der Waals surface area (Å²) in [7, 11) is 0. The highest BCUT2D eigenvalue weighted by Gasteiger charge is 2.23. The zero-order valence-electron chi connectivity index (χ0n) is 12.7. The second-order valence-corrected chi connectivity index (χ2v) is 7.75. The van der Waals surface area contributed by atoms with Gasteiger partial charge in [-0.3, -0.25) is 0 Å². The fraction of sp³-hybridized carbons (Fsp3) is 0.647. The van der Waals surface area contributed by atoms with Crippen molar-refractivity contribution in [2.45, 2.75) is 56.4 Å². The molecule has 0 spiro atoms. The Bertz CT molecular complexity index is 433. The first-order valence-corrected chi connectivity index (χ1v) is 9.76.